The second kappa shape index (κ2) is 4.78. The van der Waals surface area contributed by atoms with Crippen LogP contribution in [-0.2, 0) is 0 Å². The van der Waals surface area contributed by atoms with Crippen molar-refractivity contribution in [1.82, 2.24) is 9.78 Å². The summed E-state index contributed by atoms with van der Waals surface area (Å²) in [4.78, 5) is 0. The monoisotopic (exact) mass is 202 g/mol. The fraction of sp³-hybridized carbons (Fsp3) is 0.308. The Hall–Kier alpha value is -1.57. The third-order valence-electron chi connectivity index (χ3n) is 2.33. The molecule has 0 aliphatic heterocycles. The van der Waals surface area contributed by atoms with Gasteiger partial charge in [-0.3, -0.25) is 0 Å². The van der Waals surface area contributed by atoms with Gasteiger partial charge in [0.05, 0.1) is 5.69 Å². The number of nitrogens with zero attached hydrogens (tertiary/aromatic N) is 2. The van der Waals surface area contributed by atoms with Crippen molar-refractivity contribution >= 4 is 0 Å². The van der Waals surface area contributed by atoms with Gasteiger partial charge in [0.1, 0.15) is 0 Å². The highest BCUT2D eigenvalue weighted by Gasteiger charge is 1.99. The Labute approximate surface area is 91.6 Å². The molecule has 0 saturated heterocycles. The molecule has 0 atom stereocenters. The lowest BCUT2D eigenvalue weighted by Crippen LogP contribution is -1.94. The maximum absolute atomic E-state index is 4.18. The van der Waals surface area contributed by atoms with Crippen LogP contribution in [0.1, 0.15) is 32.8 Å². The van der Waals surface area contributed by atoms with Crippen molar-refractivity contribution in [2.45, 2.75) is 27.2 Å². The van der Waals surface area contributed by atoms with E-state index in [1.807, 2.05) is 16.9 Å². The van der Waals surface area contributed by atoms with Gasteiger partial charge < -0.3 is 0 Å². The summed E-state index contributed by atoms with van der Waals surface area (Å²) >= 11 is 0. The van der Waals surface area contributed by atoms with E-state index in [9.17, 15) is 0 Å². The predicted octanol–water partition coefficient (Wildman–Crippen LogP) is 3.63. The van der Waals surface area contributed by atoms with Crippen LogP contribution >= 0.6 is 0 Å². The van der Waals surface area contributed by atoms with Crippen molar-refractivity contribution in [3.8, 4) is 5.69 Å². The van der Waals surface area contributed by atoms with E-state index in [2.05, 4.69) is 43.2 Å². The third-order valence-corrected chi connectivity index (χ3v) is 2.33. The van der Waals surface area contributed by atoms with Crippen LogP contribution in [-0.4, -0.2) is 9.78 Å². The van der Waals surface area contributed by atoms with E-state index in [1.54, 1.807) is 6.20 Å². The van der Waals surface area contributed by atoms with E-state index in [-0.39, 0.29) is 7.43 Å². The Morgan fingerprint density at radius 1 is 1.13 bits per heavy atom. The second-order valence-corrected chi connectivity index (χ2v) is 3.70. The van der Waals surface area contributed by atoms with Gasteiger partial charge in [0.15, 0.2) is 0 Å². The molecule has 0 aliphatic carbocycles. The van der Waals surface area contributed by atoms with Crippen molar-refractivity contribution < 1.29 is 0 Å². The highest BCUT2D eigenvalue weighted by Crippen LogP contribution is 2.16. The van der Waals surface area contributed by atoms with Crippen molar-refractivity contribution in [2.75, 3.05) is 0 Å². The van der Waals surface area contributed by atoms with E-state index in [0.29, 0.717) is 5.92 Å². The molecule has 15 heavy (non-hydrogen) atoms. The average molecular weight is 202 g/mol. The molecular weight excluding hydrogens is 184 g/mol. The molecule has 2 nitrogen and oxygen atoms in total. The van der Waals surface area contributed by atoms with Gasteiger partial charge in [-0.1, -0.05) is 33.4 Å². The van der Waals surface area contributed by atoms with Crippen LogP contribution in [0.25, 0.3) is 5.69 Å². The number of aromatic nitrogens is 2. The van der Waals surface area contributed by atoms with E-state index < -0.39 is 0 Å². The normalized spacial score (nSPS) is 10.1. The fourth-order valence-corrected chi connectivity index (χ4v) is 1.43. The summed E-state index contributed by atoms with van der Waals surface area (Å²) in [6.07, 6.45) is 3.74. The van der Waals surface area contributed by atoms with Crippen molar-refractivity contribution in [3.63, 3.8) is 0 Å². The summed E-state index contributed by atoms with van der Waals surface area (Å²) in [7, 11) is 0. The van der Waals surface area contributed by atoms with Crippen LogP contribution in [0, 0.1) is 0 Å². The van der Waals surface area contributed by atoms with E-state index in [0.717, 1.165) is 5.69 Å². The molecule has 80 valence electrons. The van der Waals surface area contributed by atoms with Gasteiger partial charge in [-0.2, -0.15) is 5.10 Å². The quantitative estimate of drug-likeness (QED) is 0.727. The molecule has 0 aliphatic rings. The maximum Gasteiger partial charge on any atom is 0.0645 e. The van der Waals surface area contributed by atoms with Gasteiger partial charge >= 0.3 is 0 Å². The fourth-order valence-electron chi connectivity index (χ4n) is 1.43. The van der Waals surface area contributed by atoms with E-state index >= 15 is 0 Å². The van der Waals surface area contributed by atoms with E-state index in [1.165, 1.54) is 5.56 Å². The third kappa shape index (κ3) is 2.46. The molecule has 1 aromatic heterocycles. The molecular formula is C13H18N2. The first-order valence-corrected chi connectivity index (χ1v) is 4.87. The lowest BCUT2D eigenvalue weighted by atomic mass is 10.0. The zero-order chi connectivity index (χ0) is 9.97. The molecule has 0 spiro atoms. The first-order chi connectivity index (χ1) is 6.77. The Kier molecular flexibility index (Phi) is 3.67. The molecule has 2 rings (SSSR count). The van der Waals surface area contributed by atoms with Gasteiger partial charge in [-0.05, 0) is 29.7 Å². The van der Waals surface area contributed by atoms with Gasteiger partial charge in [0.25, 0.3) is 0 Å². The molecule has 1 heterocycles. The van der Waals surface area contributed by atoms with Gasteiger partial charge in [-0.25, -0.2) is 4.68 Å². The van der Waals surface area contributed by atoms with Gasteiger partial charge in [0.2, 0.25) is 0 Å². The standard InChI is InChI=1S/C12H14N2.CH4/c1-10(2)11-4-6-12(7-5-11)14-9-3-8-13-14;/h3-10H,1-2H3;1H4. The zero-order valence-electron chi connectivity index (χ0n) is 8.51. The summed E-state index contributed by atoms with van der Waals surface area (Å²) < 4.78 is 1.87. The Morgan fingerprint density at radius 2 is 1.80 bits per heavy atom. The summed E-state index contributed by atoms with van der Waals surface area (Å²) in [5.41, 5.74) is 2.47. The number of rotatable bonds is 2. The maximum atomic E-state index is 4.18. The summed E-state index contributed by atoms with van der Waals surface area (Å²) in [6, 6.07) is 10.4. The number of hydrogen-bond donors (Lipinski definition) is 0. The first-order valence-electron chi connectivity index (χ1n) is 4.87. The SMILES string of the molecule is C.CC(C)c1ccc(-n2cccn2)cc1. The largest absolute Gasteiger partial charge is 0.241 e. The van der Waals surface area contributed by atoms with Crippen LogP contribution in [0.3, 0.4) is 0 Å². The Morgan fingerprint density at radius 3 is 2.27 bits per heavy atom. The molecule has 0 radical (unpaired) electrons. The number of hydrogen-bond acceptors (Lipinski definition) is 1. The van der Waals surface area contributed by atoms with Crippen LogP contribution in [0.15, 0.2) is 42.7 Å². The van der Waals surface area contributed by atoms with Crippen molar-refractivity contribution in [2.24, 2.45) is 0 Å². The second-order valence-electron chi connectivity index (χ2n) is 3.70. The van der Waals surface area contributed by atoms with Crippen molar-refractivity contribution in [3.05, 3.63) is 48.3 Å². The zero-order valence-corrected chi connectivity index (χ0v) is 8.51. The van der Waals surface area contributed by atoms with Crippen LogP contribution in [0.5, 0.6) is 0 Å². The average Bonchev–Trinajstić information content (AvgIpc) is 2.71. The minimum Gasteiger partial charge on any atom is -0.241 e. The van der Waals surface area contributed by atoms with Gasteiger partial charge in [-0.15, -0.1) is 0 Å². The van der Waals surface area contributed by atoms with E-state index in [4.69, 9.17) is 0 Å². The molecule has 2 aromatic rings. The molecule has 0 fully saturated rings. The minimum absolute atomic E-state index is 0. The summed E-state index contributed by atoms with van der Waals surface area (Å²) in [5, 5.41) is 4.18. The van der Waals surface area contributed by atoms with Crippen LogP contribution < -0.4 is 0 Å². The highest BCUT2D eigenvalue weighted by atomic mass is 15.3. The molecule has 1 aromatic carbocycles. The number of benzene rings is 1. The molecule has 0 unspecified atom stereocenters. The Balaban J connectivity index is 0.00000112. The first kappa shape index (κ1) is 11.5. The van der Waals surface area contributed by atoms with Crippen LogP contribution in [0.4, 0.5) is 0 Å². The molecule has 0 amide bonds. The van der Waals surface area contributed by atoms with Gasteiger partial charge in [0, 0.05) is 12.4 Å². The lowest BCUT2D eigenvalue weighted by Gasteiger charge is -2.06. The van der Waals surface area contributed by atoms with Crippen LogP contribution in [0.2, 0.25) is 0 Å². The summed E-state index contributed by atoms with van der Waals surface area (Å²) in [5.74, 6) is 0.585. The minimum atomic E-state index is 0. The van der Waals surface area contributed by atoms with Crippen molar-refractivity contribution in [1.29, 1.82) is 0 Å². The molecule has 0 saturated carbocycles. The predicted molar refractivity (Wildman–Crippen MR) is 64.4 cm³/mol. The molecule has 0 bridgehead atoms. The Bertz CT molecular complexity index is 385. The smallest absolute Gasteiger partial charge is 0.0645 e. The molecule has 2 heteroatoms. The summed E-state index contributed by atoms with van der Waals surface area (Å²) in [6.45, 7) is 4.39. The lowest BCUT2D eigenvalue weighted by molar-refractivity contribution is 0.854. The molecule has 0 N–H and O–H groups in total. The topological polar surface area (TPSA) is 17.8 Å². The highest BCUT2D eigenvalue weighted by molar-refractivity contribution is 5.34.